The van der Waals surface area contributed by atoms with E-state index in [1.807, 2.05) is 26.0 Å². The predicted octanol–water partition coefficient (Wildman–Crippen LogP) is 3.10. The quantitative estimate of drug-likeness (QED) is 0.733. The topological polar surface area (TPSA) is 18.5 Å². The van der Waals surface area contributed by atoms with E-state index in [1.165, 1.54) is 11.1 Å². The summed E-state index contributed by atoms with van der Waals surface area (Å²) in [6, 6.07) is 8.21. The molecule has 0 saturated heterocycles. The monoisotopic (exact) mass is 194 g/mol. The number of benzene rings is 1. The van der Waals surface area contributed by atoms with Crippen LogP contribution in [0.1, 0.15) is 37.2 Å². The largest absolute Gasteiger partial charge is 0.377 e. The fourth-order valence-corrected chi connectivity index (χ4v) is 1.51. The fraction of sp³-hybridized carbons (Fsp3) is 0.500. The molecule has 0 aromatic heterocycles. The van der Waals surface area contributed by atoms with Gasteiger partial charge in [-0.15, -0.1) is 0 Å². The molecule has 2 heteroatoms. The Bertz CT molecular complexity index is 254. The van der Waals surface area contributed by atoms with Gasteiger partial charge < -0.3 is 9.47 Å². The highest BCUT2D eigenvalue weighted by atomic mass is 16.5. The van der Waals surface area contributed by atoms with E-state index in [2.05, 4.69) is 12.1 Å². The van der Waals surface area contributed by atoms with Crippen LogP contribution in [0.25, 0.3) is 0 Å². The van der Waals surface area contributed by atoms with Gasteiger partial charge in [0.05, 0.1) is 12.2 Å². The maximum Gasteiger partial charge on any atom is 0.0796 e. The second-order valence-corrected chi connectivity index (χ2v) is 3.38. The fourth-order valence-electron chi connectivity index (χ4n) is 1.51. The number of rotatable bonds is 4. The maximum absolute atomic E-state index is 5.32. The summed E-state index contributed by atoms with van der Waals surface area (Å²) in [5.41, 5.74) is 2.40. The highest BCUT2D eigenvalue weighted by Gasteiger charge is 2.13. The third-order valence-corrected chi connectivity index (χ3v) is 2.58. The van der Waals surface area contributed by atoms with Crippen LogP contribution >= 0.6 is 0 Å². The van der Waals surface area contributed by atoms with Gasteiger partial charge in [0.15, 0.2) is 0 Å². The number of methoxy groups -OCH3 is 2. The molecule has 0 radical (unpaired) electrons. The van der Waals surface area contributed by atoms with E-state index >= 15 is 0 Å². The van der Waals surface area contributed by atoms with E-state index in [1.54, 1.807) is 14.2 Å². The van der Waals surface area contributed by atoms with Crippen LogP contribution in [0.2, 0.25) is 0 Å². The van der Waals surface area contributed by atoms with Crippen molar-refractivity contribution < 1.29 is 9.47 Å². The molecule has 0 fully saturated rings. The van der Waals surface area contributed by atoms with E-state index in [4.69, 9.17) is 9.47 Å². The zero-order valence-corrected chi connectivity index (χ0v) is 9.28. The molecule has 14 heavy (non-hydrogen) atoms. The Morgan fingerprint density at radius 2 is 1.21 bits per heavy atom. The summed E-state index contributed by atoms with van der Waals surface area (Å²) in [6.07, 6.45) is 0.229. The first-order valence-electron chi connectivity index (χ1n) is 4.85. The summed E-state index contributed by atoms with van der Waals surface area (Å²) in [6.45, 7) is 4.09. The van der Waals surface area contributed by atoms with E-state index in [0.717, 1.165) is 0 Å². The normalized spacial score (nSPS) is 15.1. The summed E-state index contributed by atoms with van der Waals surface area (Å²) in [5, 5.41) is 0. The number of ether oxygens (including phenoxy) is 2. The standard InChI is InChI=1S/C12H18O2/c1-9(13-3)11-7-5-6-8-12(11)10(2)14-4/h5-10H,1-4H3. The van der Waals surface area contributed by atoms with E-state index in [0.29, 0.717) is 0 Å². The minimum absolute atomic E-state index is 0.115. The SMILES string of the molecule is COC(C)c1ccccc1C(C)OC. The number of hydrogen-bond donors (Lipinski definition) is 0. The highest BCUT2D eigenvalue weighted by Crippen LogP contribution is 2.26. The lowest BCUT2D eigenvalue weighted by Crippen LogP contribution is -2.05. The van der Waals surface area contributed by atoms with Gasteiger partial charge in [0.2, 0.25) is 0 Å². The average Bonchev–Trinajstić information content (AvgIpc) is 2.27. The first kappa shape index (κ1) is 11.2. The summed E-state index contributed by atoms with van der Waals surface area (Å²) in [4.78, 5) is 0. The Kier molecular flexibility index (Phi) is 4.11. The van der Waals surface area contributed by atoms with Gasteiger partial charge in [0.25, 0.3) is 0 Å². The van der Waals surface area contributed by atoms with Gasteiger partial charge in [-0.1, -0.05) is 24.3 Å². The van der Waals surface area contributed by atoms with Crippen LogP contribution in [0.3, 0.4) is 0 Å². The Balaban J connectivity index is 3.02. The van der Waals surface area contributed by atoms with Crippen LogP contribution in [-0.4, -0.2) is 14.2 Å². The lowest BCUT2D eigenvalue weighted by atomic mass is 9.99. The van der Waals surface area contributed by atoms with E-state index in [9.17, 15) is 0 Å². The van der Waals surface area contributed by atoms with Gasteiger partial charge in [-0.05, 0) is 25.0 Å². The Morgan fingerprint density at radius 3 is 1.50 bits per heavy atom. The van der Waals surface area contributed by atoms with Crippen molar-refractivity contribution in [1.29, 1.82) is 0 Å². The third kappa shape index (κ3) is 2.34. The van der Waals surface area contributed by atoms with Crippen LogP contribution in [-0.2, 0) is 9.47 Å². The molecule has 1 aromatic rings. The predicted molar refractivity (Wildman–Crippen MR) is 57.3 cm³/mol. The van der Waals surface area contributed by atoms with Gasteiger partial charge >= 0.3 is 0 Å². The molecule has 0 aliphatic rings. The van der Waals surface area contributed by atoms with Gasteiger partial charge in [-0.2, -0.15) is 0 Å². The molecule has 1 aromatic carbocycles. The molecule has 0 amide bonds. The molecule has 1 rings (SSSR count). The second kappa shape index (κ2) is 5.13. The van der Waals surface area contributed by atoms with Crippen molar-refractivity contribution in [1.82, 2.24) is 0 Å². The van der Waals surface area contributed by atoms with Crippen LogP contribution < -0.4 is 0 Å². The molecule has 2 atom stereocenters. The van der Waals surface area contributed by atoms with Crippen LogP contribution in [0.4, 0.5) is 0 Å². The minimum Gasteiger partial charge on any atom is -0.377 e. The summed E-state index contributed by atoms with van der Waals surface area (Å²) in [7, 11) is 3.44. The zero-order chi connectivity index (χ0) is 10.6. The first-order valence-corrected chi connectivity index (χ1v) is 4.85. The summed E-state index contributed by atoms with van der Waals surface area (Å²) < 4.78 is 10.6. The highest BCUT2D eigenvalue weighted by molar-refractivity contribution is 5.30. The van der Waals surface area contributed by atoms with Crippen molar-refractivity contribution in [3.05, 3.63) is 35.4 Å². The van der Waals surface area contributed by atoms with Crippen molar-refractivity contribution in [2.45, 2.75) is 26.1 Å². The molecule has 2 nitrogen and oxygen atoms in total. The van der Waals surface area contributed by atoms with Crippen LogP contribution in [0.15, 0.2) is 24.3 Å². The Labute approximate surface area is 85.8 Å². The van der Waals surface area contributed by atoms with Crippen molar-refractivity contribution in [3.63, 3.8) is 0 Å². The van der Waals surface area contributed by atoms with Crippen molar-refractivity contribution in [2.75, 3.05) is 14.2 Å². The lowest BCUT2D eigenvalue weighted by molar-refractivity contribution is 0.100. The molecule has 0 N–H and O–H groups in total. The lowest BCUT2D eigenvalue weighted by Gasteiger charge is -2.18. The summed E-state index contributed by atoms with van der Waals surface area (Å²) in [5.74, 6) is 0. The average molecular weight is 194 g/mol. The molecular formula is C12H18O2. The molecule has 0 spiro atoms. The molecule has 0 aliphatic carbocycles. The molecule has 0 saturated carbocycles. The van der Waals surface area contributed by atoms with Crippen molar-refractivity contribution >= 4 is 0 Å². The summed E-state index contributed by atoms with van der Waals surface area (Å²) >= 11 is 0. The molecular weight excluding hydrogens is 176 g/mol. The van der Waals surface area contributed by atoms with Gasteiger partial charge in [-0.25, -0.2) is 0 Å². The maximum atomic E-state index is 5.32. The van der Waals surface area contributed by atoms with Crippen LogP contribution in [0, 0.1) is 0 Å². The van der Waals surface area contributed by atoms with Crippen molar-refractivity contribution in [2.24, 2.45) is 0 Å². The van der Waals surface area contributed by atoms with Gasteiger partial charge in [-0.3, -0.25) is 0 Å². The second-order valence-electron chi connectivity index (χ2n) is 3.38. The first-order chi connectivity index (χ1) is 6.70. The zero-order valence-electron chi connectivity index (χ0n) is 9.28. The van der Waals surface area contributed by atoms with E-state index < -0.39 is 0 Å². The molecule has 0 aliphatic heterocycles. The molecule has 78 valence electrons. The molecule has 0 bridgehead atoms. The van der Waals surface area contributed by atoms with Crippen LogP contribution in [0.5, 0.6) is 0 Å². The number of hydrogen-bond acceptors (Lipinski definition) is 2. The third-order valence-electron chi connectivity index (χ3n) is 2.58. The van der Waals surface area contributed by atoms with Gasteiger partial charge in [0.1, 0.15) is 0 Å². The van der Waals surface area contributed by atoms with E-state index in [-0.39, 0.29) is 12.2 Å². The molecule has 0 heterocycles. The Morgan fingerprint density at radius 1 is 0.857 bits per heavy atom. The smallest absolute Gasteiger partial charge is 0.0796 e. The molecule has 2 unspecified atom stereocenters. The van der Waals surface area contributed by atoms with Crippen molar-refractivity contribution in [3.8, 4) is 0 Å². The van der Waals surface area contributed by atoms with Gasteiger partial charge in [0, 0.05) is 14.2 Å². The minimum atomic E-state index is 0.115. The Hall–Kier alpha value is -0.860.